The molecule has 1 unspecified atom stereocenters. The summed E-state index contributed by atoms with van der Waals surface area (Å²) < 4.78 is 7.43. The Hall–Kier alpha value is -1.55. The number of nitrogens with zero attached hydrogens (tertiary/aromatic N) is 2. The van der Waals surface area contributed by atoms with Crippen LogP contribution in [-0.4, -0.2) is 22.1 Å². The van der Waals surface area contributed by atoms with Crippen molar-refractivity contribution < 1.29 is 4.42 Å². The van der Waals surface area contributed by atoms with Gasteiger partial charge in [0.2, 0.25) is 0 Å². The van der Waals surface area contributed by atoms with E-state index in [2.05, 4.69) is 21.8 Å². The summed E-state index contributed by atoms with van der Waals surface area (Å²) in [5, 5.41) is 3.53. The number of aryl methyl sites for hydroxylation is 2. The summed E-state index contributed by atoms with van der Waals surface area (Å²) in [6, 6.07) is 4.50. The molecule has 18 heavy (non-hydrogen) atoms. The normalized spacial score (nSPS) is 12.7. The molecule has 0 aromatic carbocycles. The van der Waals surface area contributed by atoms with Gasteiger partial charge in [-0.25, -0.2) is 4.98 Å². The van der Waals surface area contributed by atoms with Gasteiger partial charge in [0.15, 0.2) is 0 Å². The molecule has 0 aliphatic rings. The molecule has 4 nitrogen and oxygen atoms in total. The quantitative estimate of drug-likeness (QED) is 0.729. The monoisotopic (exact) mass is 247 g/mol. The van der Waals surface area contributed by atoms with Crippen LogP contribution in [0.3, 0.4) is 0 Å². The molecule has 0 bridgehead atoms. The standard InChI is InChI=1S/C14H21N3O/c1-13(5-6-14-4-2-11-18-14)16-7-3-9-17-10-8-15-12-17/h2,4,8,10-13,16H,3,5-7,9H2,1H3. The van der Waals surface area contributed by atoms with Crippen molar-refractivity contribution in [2.24, 2.45) is 0 Å². The van der Waals surface area contributed by atoms with Crippen LogP contribution in [-0.2, 0) is 13.0 Å². The molecule has 2 aromatic heterocycles. The van der Waals surface area contributed by atoms with E-state index in [0.717, 1.165) is 38.1 Å². The van der Waals surface area contributed by atoms with Crippen molar-refractivity contribution in [3.63, 3.8) is 0 Å². The summed E-state index contributed by atoms with van der Waals surface area (Å²) in [6.45, 7) is 4.29. The number of hydrogen-bond donors (Lipinski definition) is 1. The molecule has 0 aliphatic carbocycles. The van der Waals surface area contributed by atoms with E-state index in [1.165, 1.54) is 0 Å². The van der Waals surface area contributed by atoms with E-state index in [0.29, 0.717) is 6.04 Å². The lowest BCUT2D eigenvalue weighted by molar-refractivity contribution is 0.452. The molecule has 0 saturated carbocycles. The van der Waals surface area contributed by atoms with Crippen molar-refractivity contribution in [1.29, 1.82) is 0 Å². The topological polar surface area (TPSA) is 43.0 Å². The van der Waals surface area contributed by atoms with Crippen LogP contribution in [0.4, 0.5) is 0 Å². The van der Waals surface area contributed by atoms with Gasteiger partial charge in [-0.2, -0.15) is 0 Å². The van der Waals surface area contributed by atoms with Crippen LogP contribution in [0.1, 0.15) is 25.5 Å². The maximum atomic E-state index is 5.32. The van der Waals surface area contributed by atoms with Gasteiger partial charge in [0, 0.05) is 31.4 Å². The SMILES string of the molecule is CC(CCc1ccco1)NCCCn1ccnc1. The van der Waals surface area contributed by atoms with Crippen molar-refractivity contribution in [2.45, 2.75) is 38.8 Å². The Balaban J connectivity index is 1.53. The van der Waals surface area contributed by atoms with Crippen molar-refractivity contribution in [1.82, 2.24) is 14.9 Å². The first-order valence-electron chi connectivity index (χ1n) is 6.56. The molecular weight excluding hydrogens is 226 g/mol. The van der Waals surface area contributed by atoms with E-state index in [1.54, 1.807) is 6.26 Å². The lowest BCUT2D eigenvalue weighted by Crippen LogP contribution is -2.28. The van der Waals surface area contributed by atoms with Gasteiger partial charge in [-0.3, -0.25) is 0 Å². The first-order valence-corrected chi connectivity index (χ1v) is 6.56. The highest BCUT2D eigenvalue weighted by Crippen LogP contribution is 2.05. The lowest BCUT2D eigenvalue weighted by atomic mass is 10.1. The number of aromatic nitrogens is 2. The Labute approximate surface area is 108 Å². The zero-order chi connectivity index (χ0) is 12.6. The van der Waals surface area contributed by atoms with Gasteiger partial charge < -0.3 is 14.3 Å². The number of furan rings is 1. The van der Waals surface area contributed by atoms with Gasteiger partial charge in [-0.15, -0.1) is 0 Å². The summed E-state index contributed by atoms with van der Waals surface area (Å²) in [6.07, 6.45) is 10.7. The van der Waals surface area contributed by atoms with Crippen LogP contribution in [0.2, 0.25) is 0 Å². The summed E-state index contributed by atoms with van der Waals surface area (Å²) in [4.78, 5) is 4.03. The highest BCUT2D eigenvalue weighted by atomic mass is 16.3. The Morgan fingerprint density at radius 2 is 2.44 bits per heavy atom. The van der Waals surface area contributed by atoms with E-state index in [1.807, 2.05) is 30.9 Å². The minimum absolute atomic E-state index is 0.526. The van der Waals surface area contributed by atoms with E-state index in [-0.39, 0.29) is 0 Å². The Morgan fingerprint density at radius 1 is 1.50 bits per heavy atom. The molecule has 2 heterocycles. The second kappa shape index (κ2) is 7.01. The molecule has 0 spiro atoms. The van der Waals surface area contributed by atoms with Crippen LogP contribution in [0.25, 0.3) is 0 Å². The predicted molar refractivity (Wildman–Crippen MR) is 71.3 cm³/mol. The maximum absolute atomic E-state index is 5.32. The maximum Gasteiger partial charge on any atom is 0.103 e. The zero-order valence-corrected chi connectivity index (χ0v) is 10.9. The molecule has 1 atom stereocenters. The van der Waals surface area contributed by atoms with E-state index in [4.69, 9.17) is 4.42 Å². The fraction of sp³-hybridized carbons (Fsp3) is 0.500. The first kappa shape index (κ1) is 12.9. The summed E-state index contributed by atoms with van der Waals surface area (Å²) in [7, 11) is 0. The van der Waals surface area contributed by atoms with Crippen molar-refractivity contribution in [3.05, 3.63) is 42.9 Å². The molecule has 4 heteroatoms. The van der Waals surface area contributed by atoms with Crippen molar-refractivity contribution in [3.8, 4) is 0 Å². The second-order valence-corrected chi connectivity index (χ2v) is 4.63. The average molecular weight is 247 g/mol. The molecule has 0 amide bonds. The van der Waals surface area contributed by atoms with E-state index in [9.17, 15) is 0 Å². The molecule has 2 rings (SSSR count). The molecule has 2 aromatic rings. The smallest absolute Gasteiger partial charge is 0.103 e. The molecule has 0 saturated heterocycles. The van der Waals surface area contributed by atoms with Crippen molar-refractivity contribution >= 4 is 0 Å². The lowest BCUT2D eigenvalue weighted by Gasteiger charge is -2.13. The van der Waals surface area contributed by atoms with Gasteiger partial charge >= 0.3 is 0 Å². The van der Waals surface area contributed by atoms with Crippen LogP contribution >= 0.6 is 0 Å². The fourth-order valence-corrected chi connectivity index (χ4v) is 1.94. The first-order chi connectivity index (χ1) is 8.84. The number of rotatable bonds is 8. The van der Waals surface area contributed by atoms with Crippen LogP contribution in [0.15, 0.2) is 41.5 Å². The molecule has 98 valence electrons. The van der Waals surface area contributed by atoms with Gasteiger partial charge in [-0.1, -0.05) is 0 Å². The third-order valence-electron chi connectivity index (χ3n) is 3.05. The average Bonchev–Trinajstić information content (AvgIpc) is 3.04. The number of imidazole rings is 1. The zero-order valence-electron chi connectivity index (χ0n) is 10.9. The Bertz CT molecular complexity index is 408. The molecule has 0 radical (unpaired) electrons. The molecule has 0 aliphatic heterocycles. The van der Waals surface area contributed by atoms with Crippen LogP contribution in [0, 0.1) is 0 Å². The van der Waals surface area contributed by atoms with Crippen molar-refractivity contribution in [2.75, 3.05) is 6.54 Å². The fourth-order valence-electron chi connectivity index (χ4n) is 1.94. The minimum Gasteiger partial charge on any atom is -0.469 e. The largest absolute Gasteiger partial charge is 0.469 e. The van der Waals surface area contributed by atoms with Gasteiger partial charge in [0.05, 0.1) is 12.6 Å². The summed E-state index contributed by atoms with van der Waals surface area (Å²) in [5.41, 5.74) is 0. The molecular formula is C14H21N3O. The van der Waals surface area contributed by atoms with Crippen LogP contribution in [0.5, 0.6) is 0 Å². The Kier molecular flexibility index (Phi) is 5.02. The highest BCUT2D eigenvalue weighted by Gasteiger charge is 2.03. The van der Waals surface area contributed by atoms with Crippen LogP contribution < -0.4 is 5.32 Å². The third-order valence-corrected chi connectivity index (χ3v) is 3.05. The van der Waals surface area contributed by atoms with Gasteiger partial charge in [0.25, 0.3) is 0 Å². The highest BCUT2D eigenvalue weighted by molar-refractivity contribution is 4.98. The third kappa shape index (κ3) is 4.37. The second-order valence-electron chi connectivity index (χ2n) is 4.63. The number of hydrogen-bond acceptors (Lipinski definition) is 3. The minimum atomic E-state index is 0.526. The van der Waals surface area contributed by atoms with E-state index < -0.39 is 0 Å². The van der Waals surface area contributed by atoms with Gasteiger partial charge in [-0.05, 0) is 38.4 Å². The number of nitrogens with one attached hydrogen (secondary N) is 1. The predicted octanol–water partition coefficient (Wildman–Crippen LogP) is 2.48. The van der Waals surface area contributed by atoms with E-state index >= 15 is 0 Å². The molecule has 1 N–H and O–H groups in total. The summed E-state index contributed by atoms with van der Waals surface area (Å²) in [5.74, 6) is 1.07. The molecule has 0 fully saturated rings. The summed E-state index contributed by atoms with van der Waals surface area (Å²) >= 11 is 0. The Morgan fingerprint density at radius 3 is 3.17 bits per heavy atom. The van der Waals surface area contributed by atoms with Gasteiger partial charge in [0.1, 0.15) is 5.76 Å².